The summed E-state index contributed by atoms with van der Waals surface area (Å²) in [5.74, 6) is 7.75. The summed E-state index contributed by atoms with van der Waals surface area (Å²) in [4.78, 5) is 0. The largest absolute Gasteiger partial charge is 0.493 e. The molecule has 0 aliphatic heterocycles. The molecule has 0 atom stereocenters. The maximum absolute atomic E-state index is 5.65. The van der Waals surface area contributed by atoms with Crippen molar-refractivity contribution in [3.63, 3.8) is 0 Å². The molecule has 0 bridgehead atoms. The molecular formula is C18H17BrO. The van der Waals surface area contributed by atoms with Crippen molar-refractivity contribution in [3.8, 4) is 17.6 Å². The van der Waals surface area contributed by atoms with Gasteiger partial charge in [0.2, 0.25) is 0 Å². The molecule has 0 fully saturated rings. The summed E-state index contributed by atoms with van der Waals surface area (Å²) >= 11 is 3.49. The highest BCUT2D eigenvalue weighted by molar-refractivity contribution is 9.10. The molecule has 2 aromatic carbocycles. The molecule has 1 nitrogen and oxygen atoms in total. The van der Waals surface area contributed by atoms with Gasteiger partial charge in [0.15, 0.2) is 0 Å². The lowest BCUT2D eigenvalue weighted by Crippen LogP contribution is -2.04. The van der Waals surface area contributed by atoms with E-state index in [0.717, 1.165) is 28.0 Å². The summed E-state index contributed by atoms with van der Waals surface area (Å²) in [6, 6.07) is 15.9. The van der Waals surface area contributed by atoms with E-state index in [2.05, 4.69) is 41.6 Å². The summed E-state index contributed by atoms with van der Waals surface area (Å²) < 4.78 is 6.67. The minimum atomic E-state index is 0.532. The lowest BCUT2D eigenvalue weighted by molar-refractivity contribution is 0.271. The fraction of sp³-hybridized carbons (Fsp3) is 0.222. The van der Waals surface area contributed by atoms with Gasteiger partial charge >= 0.3 is 0 Å². The number of ether oxygens (including phenoxy) is 1. The van der Waals surface area contributed by atoms with Crippen molar-refractivity contribution in [2.24, 2.45) is 5.92 Å². The number of hydrogen-bond acceptors (Lipinski definition) is 1. The third-order valence-electron chi connectivity index (χ3n) is 2.65. The van der Waals surface area contributed by atoms with Crippen LogP contribution in [-0.2, 0) is 0 Å². The van der Waals surface area contributed by atoms with Crippen LogP contribution in [0.15, 0.2) is 53.0 Å². The van der Waals surface area contributed by atoms with Crippen LogP contribution in [0.2, 0.25) is 0 Å². The van der Waals surface area contributed by atoms with Gasteiger partial charge in [-0.3, -0.25) is 0 Å². The molecule has 0 aromatic heterocycles. The molecule has 0 spiro atoms. The molecule has 0 aliphatic carbocycles. The minimum Gasteiger partial charge on any atom is -0.493 e. The second-order valence-electron chi connectivity index (χ2n) is 4.96. The molecule has 0 heterocycles. The van der Waals surface area contributed by atoms with Crippen LogP contribution < -0.4 is 4.74 Å². The van der Waals surface area contributed by atoms with Gasteiger partial charge in [-0.05, 0) is 58.2 Å². The van der Waals surface area contributed by atoms with E-state index in [1.807, 2.05) is 48.5 Å². The van der Waals surface area contributed by atoms with Gasteiger partial charge in [0.25, 0.3) is 0 Å². The average molecular weight is 329 g/mol. The Labute approximate surface area is 129 Å². The first-order valence-electron chi connectivity index (χ1n) is 6.64. The van der Waals surface area contributed by atoms with Crippen molar-refractivity contribution >= 4 is 15.9 Å². The molecule has 0 radical (unpaired) electrons. The smallest absolute Gasteiger partial charge is 0.119 e. The van der Waals surface area contributed by atoms with Crippen LogP contribution in [0.25, 0.3) is 0 Å². The maximum atomic E-state index is 5.65. The Bertz CT molecular complexity index is 618. The van der Waals surface area contributed by atoms with E-state index in [-0.39, 0.29) is 0 Å². The molecule has 2 heteroatoms. The van der Waals surface area contributed by atoms with E-state index in [0.29, 0.717) is 5.92 Å². The summed E-state index contributed by atoms with van der Waals surface area (Å²) in [6.45, 7) is 5.01. The van der Waals surface area contributed by atoms with Gasteiger partial charge in [-0.15, -0.1) is 0 Å². The zero-order valence-electron chi connectivity index (χ0n) is 11.7. The Kier molecular flexibility index (Phi) is 5.26. The van der Waals surface area contributed by atoms with Crippen molar-refractivity contribution in [2.75, 3.05) is 6.61 Å². The van der Waals surface area contributed by atoms with Gasteiger partial charge in [0, 0.05) is 15.6 Å². The van der Waals surface area contributed by atoms with Gasteiger partial charge in [0.1, 0.15) is 5.75 Å². The van der Waals surface area contributed by atoms with Gasteiger partial charge in [-0.2, -0.15) is 0 Å². The van der Waals surface area contributed by atoms with Crippen molar-refractivity contribution < 1.29 is 4.74 Å². The fourth-order valence-corrected chi connectivity index (χ4v) is 1.98. The fourth-order valence-electron chi connectivity index (χ4n) is 1.60. The number of hydrogen-bond donors (Lipinski definition) is 0. The van der Waals surface area contributed by atoms with Crippen LogP contribution >= 0.6 is 15.9 Å². The Morgan fingerprint density at radius 1 is 1.00 bits per heavy atom. The predicted octanol–water partition coefficient (Wildman–Crippen LogP) is 4.88. The maximum Gasteiger partial charge on any atom is 0.119 e. The second-order valence-corrected chi connectivity index (χ2v) is 5.81. The molecule has 0 amide bonds. The van der Waals surface area contributed by atoms with Gasteiger partial charge < -0.3 is 4.74 Å². The lowest BCUT2D eigenvalue weighted by atomic mass is 10.2. The molecule has 0 saturated carbocycles. The zero-order valence-corrected chi connectivity index (χ0v) is 13.3. The number of halogens is 1. The van der Waals surface area contributed by atoms with E-state index in [4.69, 9.17) is 4.74 Å². The highest BCUT2D eigenvalue weighted by Gasteiger charge is 1.97. The summed E-state index contributed by atoms with van der Waals surface area (Å²) in [5.41, 5.74) is 1.98. The van der Waals surface area contributed by atoms with E-state index in [9.17, 15) is 0 Å². The molecule has 2 aromatic rings. The minimum absolute atomic E-state index is 0.532. The van der Waals surface area contributed by atoms with Crippen molar-refractivity contribution in [3.05, 3.63) is 64.1 Å². The Morgan fingerprint density at radius 2 is 1.70 bits per heavy atom. The molecule has 102 valence electrons. The molecule has 0 saturated heterocycles. The molecule has 20 heavy (non-hydrogen) atoms. The van der Waals surface area contributed by atoms with Crippen molar-refractivity contribution in [1.82, 2.24) is 0 Å². The molecule has 0 aliphatic rings. The normalized spacial score (nSPS) is 10.0. The van der Waals surface area contributed by atoms with E-state index in [1.54, 1.807) is 0 Å². The summed E-state index contributed by atoms with van der Waals surface area (Å²) in [6.07, 6.45) is 0. The first-order chi connectivity index (χ1) is 9.65. The van der Waals surface area contributed by atoms with Crippen LogP contribution in [0.3, 0.4) is 0 Å². The van der Waals surface area contributed by atoms with E-state index in [1.165, 1.54) is 0 Å². The second kappa shape index (κ2) is 7.17. The van der Waals surface area contributed by atoms with E-state index < -0.39 is 0 Å². The zero-order chi connectivity index (χ0) is 14.4. The van der Waals surface area contributed by atoms with Crippen LogP contribution in [-0.4, -0.2) is 6.61 Å². The van der Waals surface area contributed by atoms with Gasteiger partial charge in [-0.1, -0.05) is 37.8 Å². The summed E-state index contributed by atoms with van der Waals surface area (Å²) in [7, 11) is 0. The first kappa shape index (κ1) is 14.7. The van der Waals surface area contributed by atoms with Crippen molar-refractivity contribution in [2.45, 2.75) is 13.8 Å². The molecule has 2 rings (SSSR count). The van der Waals surface area contributed by atoms with Gasteiger partial charge in [-0.25, -0.2) is 0 Å². The monoisotopic (exact) mass is 328 g/mol. The molecular weight excluding hydrogens is 312 g/mol. The Hall–Kier alpha value is -1.72. The SMILES string of the molecule is CC(C)COc1ccc(C#Cc2ccccc2Br)cc1. The quantitative estimate of drug-likeness (QED) is 0.729. The average Bonchev–Trinajstić information content (AvgIpc) is 2.45. The third kappa shape index (κ3) is 4.43. The Balaban J connectivity index is 2.06. The predicted molar refractivity (Wildman–Crippen MR) is 86.9 cm³/mol. The van der Waals surface area contributed by atoms with Crippen LogP contribution in [0.1, 0.15) is 25.0 Å². The molecule has 0 N–H and O–H groups in total. The van der Waals surface area contributed by atoms with Crippen LogP contribution in [0, 0.1) is 17.8 Å². The number of benzene rings is 2. The topological polar surface area (TPSA) is 9.23 Å². The third-order valence-corrected chi connectivity index (χ3v) is 3.34. The van der Waals surface area contributed by atoms with Crippen LogP contribution in [0.5, 0.6) is 5.75 Å². The van der Waals surface area contributed by atoms with Gasteiger partial charge in [0.05, 0.1) is 6.61 Å². The van der Waals surface area contributed by atoms with Crippen LogP contribution in [0.4, 0.5) is 0 Å². The van der Waals surface area contributed by atoms with Crippen molar-refractivity contribution in [1.29, 1.82) is 0 Å². The number of rotatable bonds is 3. The summed E-state index contributed by atoms with van der Waals surface area (Å²) in [5, 5.41) is 0. The highest BCUT2D eigenvalue weighted by atomic mass is 79.9. The standard InChI is InChI=1S/C18H17BrO/c1-14(2)13-20-17-11-8-15(9-12-17)7-10-16-5-3-4-6-18(16)19/h3-6,8-9,11-12,14H,13H2,1-2H3. The van der Waals surface area contributed by atoms with E-state index >= 15 is 0 Å². The Morgan fingerprint density at radius 3 is 2.35 bits per heavy atom. The first-order valence-corrected chi connectivity index (χ1v) is 7.44. The molecule has 0 unspecified atom stereocenters. The lowest BCUT2D eigenvalue weighted by Gasteiger charge is -2.08. The highest BCUT2D eigenvalue weighted by Crippen LogP contribution is 2.15.